The van der Waals surface area contributed by atoms with E-state index in [0.717, 1.165) is 18.9 Å². The highest BCUT2D eigenvalue weighted by atomic mass is 16.1. The van der Waals surface area contributed by atoms with E-state index in [1.54, 1.807) is 12.5 Å². The molecule has 1 aromatic rings. The third-order valence-electron chi connectivity index (χ3n) is 3.14. The minimum absolute atomic E-state index is 0.449. The zero-order valence-corrected chi connectivity index (χ0v) is 9.26. The molecule has 4 heteroatoms. The van der Waals surface area contributed by atoms with Crippen LogP contribution in [-0.2, 0) is 6.54 Å². The van der Waals surface area contributed by atoms with Gasteiger partial charge in [0.15, 0.2) is 6.29 Å². The van der Waals surface area contributed by atoms with E-state index < -0.39 is 0 Å². The van der Waals surface area contributed by atoms with Crippen LogP contribution in [0.3, 0.4) is 0 Å². The summed E-state index contributed by atoms with van der Waals surface area (Å²) in [6.07, 6.45) is 6.81. The van der Waals surface area contributed by atoms with Crippen molar-refractivity contribution in [1.29, 1.82) is 0 Å². The Morgan fingerprint density at radius 1 is 1.73 bits per heavy atom. The van der Waals surface area contributed by atoms with Gasteiger partial charge in [-0.2, -0.15) is 0 Å². The Bertz CT molecular complexity index is 343. The number of carbonyl (C=O) groups excluding carboxylic acids is 1. The van der Waals surface area contributed by atoms with Crippen LogP contribution in [0, 0.1) is 0 Å². The van der Waals surface area contributed by atoms with Crippen LogP contribution in [0.1, 0.15) is 30.3 Å². The summed E-state index contributed by atoms with van der Waals surface area (Å²) < 4.78 is 1.91. The number of rotatable bonds is 5. The lowest BCUT2D eigenvalue weighted by Gasteiger charge is -2.24. The molecule has 1 saturated carbocycles. The van der Waals surface area contributed by atoms with Crippen LogP contribution in [-0.4, -0.2) is 39.9 Å². The highest BCUT2D eigenvalue weighted by Crippen LogP contribution is 2.27. The van der Waals surface area contributed by atoms with Gasteiger partial charge in [-0.3, -0.25) is 9.69 Å². The molecule has 0 aliphatic heterocycles. The fourth-order valence-corrected chi connectivity index (χ4v) is 1.84. The van der Waals surface area contributed by atoms with Gasteiger partial charge in [0, 0.05) is 18.6 Å². The maximum atomic E-state index is 10.7. The summed E-state index contributed by atoms with van der Waals surface area (Å²) in [6, 6.07) is 1.20. The van der Waals surface area contributed by atoms with Gasteiger partial charge in [-0.05, 0) is 26.8 Å². The summed E-state index contributed by atoms with van der Waals surface area (Å²) in [6.45, 7) is 3.02. The van der Waals surface area contributed by atoms with E-state index in [1.807, 2.05) is 4.57 Å². The van der Waals surface area contributed by atoms with Gasteiger partial charge in [-0.1, -0.05) is 0 Å². The predicted octanol–water partition coefficient (Wildman–Crippen LogP) is 1.18. The van der Waals surface area contributed by atoms with Gasteiger partial charge in [0.1, 0.15) is 5.69 Å². The molecule has 0 radical (unpaired) electrons. The Hall–Kier alpha value is -1.16. The lowest BCUT2D eigenvalue weighted by Crippen LogP contribution is -2.34. The van der Waals surface area contributed by atoms with Crippen molar-refractivity contribution in [2.75, 3.05) is 7.05 Å². The van der Waals surface area contributed by atoms with Gasteiger partial charge in [0.2, 0.25) is 0 Å². The molecule has 15 heavy (non-hydrogen) atoms. The van der Waals surface area contributed by atoms with Crippen molar-refractivity contribution in [3.05, 3.63) is 18.2 Å². The molecule has 1 heterocycles. The lowest BCUT2D eigenvalue weighted by molar-refractivity contribution is 0.111. The largest absolute Gasteiger partial charge is 0.327 e. The van der Waals surface area contributed by atoms with E-state index in [2.05, 4.69) is 23.9 Å². The Balaban J connectivity index is 1.98. The molecule has 4 nitrogen and oxygen atoms in total. The van der Waals surface area contributed by atoms with Crippen LogP contribution in [0.5, 0.6) is 0 Å². The minimum Gasteiger partial charge on any atom is -0.327 e. The van der Waals surface area contributed by atoms with E-state index in [0.29, 0.717) is 11.7 Å². The summed E-state index contributed by atoms with van der Waals surface area (Å²) in [5.41, 5.74) is 0.658. The number of hydrogen-bond donors (Lipinski definition) is 0. The molecule has 1 aliphatic rings. The van der Waals surface area contributed by atoms with Crippen molar-refractivity contribution in [3.63, 3.8) is 0 Å². The number of likely N-dealkylation sites (N-methyl/N-ethyl adjacent to an activating group) is 1. The van der Waals surface area contributed by atoms with Crippen LogP contribution >= 0.6 is 0 Å². The van der Waals surface area contributed by atoms with Crippen molar-refractivity contribution in [1.82, 2.24) is 14.5 Å². The second-order valence-corrected chi connectivity index (χ2v) is 4.33. The van der Waals surface area contributed by atoms with Crippen LogP contribution in [0.25, 0.3) is 0 Å². The number of imidazole rings is 1. The molecule has 1 aliphatic carbocycles. The molecule has 1 unspecified atom stereocenters. The Labute approximate surface area is 89.9 Å². The normalized spacial score (nSPS) is 18.1. The maximum absolute atomic E-state index is 10.7. The fraction of sp³-hybridized carbons (Fsp3) is 0.636. The number of carbonyl (C=O) groups is 1. The fourth-order valence-electron chi connectivity index (χ4n) is 1.84. The molecule has 1 atom stereocenters. The van der Waals surface area contributed by atoms with E-state index >= 15 is 0 Å². The number of aromatic nitrogens is 2. The summed E-state index contributed by atoms with van der Waals surface area (Å²) in [7, 11) is 2.15. The topological polar surface area (TPSA) is 38.1 Å². The quantitative estimate of drug-likeness (QED) is 0.680. The van der Waals surface area contributed by atoms with E-state index in [-0.39, 0.29) is 0 Å². The van der Waals surface area contributed by atoms with Gasteiger partial charge in [0.25, 0.3) is 0 Å². The zero-order valence-electron chi connectivity index (χ0n) is 9.26. The van der Waals surface area contributed by atoms with E-state index in [4.69, 9.17) is 0 Å². The van der Waals surface area contributed by atoms with Crippen molar-refractivity contribution >= 4 is 6.29 Å². The second kappa shape index (κ2) is 4.14. The van der Waals surface area contributed by atoms with Crippen molar-refractivity contribution in [2.24, 2.45) is 0 Å². The third kappa shape index (κ3) is 2.26. The van der Waals surface area contributed by atoms with Crippen LogP contribution < -0.4 is 0 Å². The summed E-state index contributed by atoms with van der Waals surface area (Å²) in [5, 5.41) is 0. The lowest BCUT2D eigenvalue weighted by atomic mass is 10.3. The molecule has 2 rings (SSSR count). The SMILES string of the molecule is CC(Cn1cncc1C=O)N(C)C1CC1. The third-order valence-corrected chi connectivity index (χ3v) is 3.14. The van der Waals surface area contributed by atoms with Gasteiger partial charge in [-0.15, -0.1) is 0 Å². The molecule has 0 bridgehead atoms. The molecule has 0 amide bonds. The monoisotopic (exact) mass is 207 g/mol. The Kier molecular flexibility index (Phi) is 2.86. The van der Waals surface area contributed by atoms with Crippen LogP contribution in [0.2, 0.25) is 0 Å². The van der Waals surface area contributed by atoms with Gasteiger partial charge < -0.3 is 4.57 Å². The van der Waals surface area contributed by atoms with Crippen molar-refractivity contribution < 1.29 is 4.79 Å². The molecular weight excluding hydrogens is 190 g/mol. The second-order valence-electron chi connectivity index (χ2n) is 4.33. The summed E-state index contributed by atoms with van der Waals surface area (Å²) in [4.78, 5) is 17.1. The molecule has 1 fully saturated rings. The first-order valence-electron chi connectivity index (χ1n) is 5.39. The summed E-state index contributed by atoms with van der Waals surface area (Å²) in [5.74, 6) is 0. The minimum atomic E-state index is 0.449. The van der Waals surface area contributed by atoms with Gasteiger partial charge in [0.05, 0.1) is 12.5 Å². The highest BCUT2D eigenvalue weighted by molar-refractivity contribution is 5.71. The van der Waals surface area contributed by atoms with E-state index in [1.165, 1.54) is 12.8 Å². The van der Waals surface area contributed by atoms with E-state index in [9.17, 15) is 4.79 Å². The molecule has 0 spiro atoms. The number of nitrogens with zero attached hydrogens (tertiary/aromatic N) is 3. The smallest absolute Gasteiger partial charge is 0.168 e. The molecule has 0 aromatic carbocycles. The first-order chi connectivity index (χ1) is 7.22. The predicted molar refractivity (Wildman–Crippen MR) is 57.9 cm³/mol. The average Bonchev–Trinajstić information content (AvgIpc) is 2.99. The Morgan fingerprint density at radius 3 is 3.07 bits per heavy atom. The first kappa shape index (κ1) is 10.4. The van der Waals surface area contributed by atoms with Crippen LogP contribution in [0.4, 0.5) is 0 Å². The first-order valence-corrected chi connectivity index (χ1v) is 5.39. The zero-order chi connectivity index (χ0) is 10.8. The molecule has 82 valence electrons. The highest BCUT2D eigenvalue weighted by Gasteiger charge is 2.29. The number of hydrogen-bond acceptors (Lipinski definition) is 3. The van der Waals surface area contributed by atoms with Gasteiger partial charge in [-0.25, -0.2) is 4.98 Å². The molecule has 1 aromatic heterocycles. The molecular formula is C11H17N3O. The Morgan fingerprint density at radius 2 is 2.47 bits per heavy atom. The summed E-state index contributed by atoms with van der Waals surface area (Å²) >= 11 is 0. The number of aldehydes is 1. The van der Waals surface area contributed by atoms with Gasteiger partial charge >= 0.3 is 0 Å². The molecule has 0 saturated heterocycles. The standard InChI is InChI=1S/C11H17N3O/c1-9(13(2)10-3-4-10)6-14-8-12-5-11(14)7-15/h5,7-10H,3-4,6H2,1-2H3. The maximum Gasteiger partial charge on any atom is 0.168 e. The van der Waals surface area contributed by atoms with Crippen molar-refractivity contribution in [3.8, 4) is 0 Å². The molecule has 0 N–H and O–H groups in total. The van der Waals surface area contributed by atoms with Crippen molar-refractivity contribution in [2.45, 2.75) is 38.4 Å². The van der Waals surface area contributed by atoms with Crippen LogP contribution in [0.15, 0.2) is 12.5 Å². The average molecular weight is 207 g/mol.